The smallest absolute Gasteiger partial charge is 0.236 e. The van der Waals surface area contributed by atoms with Gasteiger partial charge in [-0.15, -0.1) is 11.3 Å². The fourth-order valence-corrected chi connectivity index (χ4v) is 3.71. The molecule has 0 saturated carbocycles. The van der Waals surface area contributed by atoms with E-state index >= 15 is 0 Å². The van der Waals surface area contributed by atoms with Gasteiger partial charge in [-0.1, -0.05) is 24.3 Å². The first-order chi connectivity index (χ1) is 13.0. The predicted molar refractivity (Wildman–Crippen MR) is 109 cm³/mol. The summed E-state index contributed by atoms with van der Waals surface area (Å²) in [6.45, 7) is 6.46. The fraction of sp³-hybridized carbons (Fsp3) is 0.318. The SMILES string of the molecule is CC(C)(C)N/C=C1/Cc2ccccc2OC1Cc1cnc(-c2cccs2)o1. The van der Waals surface area contributed by atoms with Crippen molar-refractivity contribution in [2.24, 2.45) is 0 Å². The number of fused-ring (bicyclic) bond motifs is 1. The molecule has 0 fully saturated rings. The molecule has 3 heterocycles. The molecule has 0 radical (unpaired) electrons. The van der Waals surface area contributed by atoms with E-state index in [4.69, 9.17) is 9.15 Å². The number of thiophene rings is 1. The van der Waals surface area contributed by atoms with Gasteiger partial charge in [0.15, 0.2) is 0 Å². The van der Waals surface area contributed by atoms with E-state index in [1.807, 2.05) is 35.8 Å². The number of ether oxygens (including phenoxy) is 1. The van der Waals surface area contributed by atoms with E-state index in [1.165, 1.54) is 11.1 Å². The van der Waals surface area contributed by atoms with Gasteiger partial charge in [0.2, 0.25) is 5.89 Å². The molecule has 2 aromatic heterocycles. The summed E-state index contributed by atoms with van der Waals surface area (Å²) < 4.78 is 12.3. The zero-order valence-electron chi connectivity index (χ0n) is 15.9. The van der Waals surface area contributed by atoms with Crippen LogP contribution in [0.3, 0.4) is 0 Å². The Morgan fingerprint density at radius 2 is 2.07 bits per heavy atom. The molecule has 1 unspecified atom stereocenters. The molecule has 1 aromatic carbocycles. The summed E-state index contributed by atoms with van der Waals surface area (Å²) in [5.74, 6) is 2.47. The number of benzene rings is 1. The van der Waals surface area contributed by atoms with E-state index in [1.54, 1.807) is 11.3 Å². The highest BCUT2D eigenvalue weighted by molar-refractivity contribution is 7.13. The molecule has 1 atom stereocenters. The number of para-hydroxylation sites is 1. The average Bonchev–Trinajstić information content (AvgIpc) is 3.30. The molecule has 27 heavy (non-hydrogen) atoms. The Balaban J connectivity index is 1.58. The molecular weight excluding hydrogens is 356 g/mol. The second kappa shape index (κ2) is 7.24. The molecule has 140 valence electrons. The third kappa shape index (κ3) is 4.25. The summed E-state index contributed by atoms with van der Waals surface area (Å²) in [6, 6.07) is 12.3. The van der Waals surface area contributed by atoms with Crippen LogP contribution in [-0.4, -0.2) is 16.6 Å². The van der Waals surface area contributed by atoms with Crippen molar-refractivity contribution in [1.29, 1.82) is 0 Å². The van der Waals surface area contributed by atoms with E-state index in [-0.39, 0.29) is 11.6 Å². The van der Waals surface area contributed by atoms with Crippen LogP contribution in [0.4, 0.5) is 0 Å². The van der Waals surface area contributed by atoms with Crippen molar-refractivity contribution in [3.8, 4) is 16.5 Å². The second-order valence-electron chi connectivity index (χ2n) is 7.82. The highest BCUT2D eigenvalue weighted by Gasteiger charge is 2.26. The lowest BCUT2D eigenvalue weighted by atomic mass is 9.94. The van der Waals surface area contributed by atoms with Gasteiger partial charge in [-0.3, -0.25) is 0 Å². The maximum atomic E-state index is 6.32. The van der Waals surface area contributed by atoms with Gasteiger partial charge in [-0.05, 0) is 49.4 Å². The van der Waals surface area contributed by atoms with Crippen LogP contribution >= 0.6 is 11.3 Å². The summed E-state index contributed by atoms with van der Waals surface area (Å²) in [4.78, 5) is 5.47. The maximum absolute atomic E-state index is 6.32. The lowest BCUT2D eigenvalue weighted by Crippen LogP contribution is -2.35. The van der Waals surface area contributed by atoms with Gasteiger partial charge < -0.3 is 14.5 Å². The lowest BCUT2D eigenvalue weighted by molar-refractivity contribution is 0.211. The number of nitrogens with zero attached hydrogens (tertiary/aromatic N) is 1. The molecule has 0 amide bonds. The first-order valence-corrected chi connectivity index (χ1v) is 10.1. The van der Waals surface area contributed by atoms with Crippen molar-refractivity contribution >= 4 is 11.3 Å². The predicted octanol–water partition coefficient (Wildman–Crippen LogP) is 5.22. The van der Waals surface area contributed by atoms with Crippen molar-refractivity contribution in [1.82, 2.24) is 10.3 Å². The van der Waals surface area contributed by atoms with Crippen LogP contribution in [0.1, 0.15) is 32.1 Å². The van der Waals surface area contributed by atoms with Gasteiger partial charge in [-0.25, -0.2) is 4.98 Å². The molecule has 0 saturated heterocycles. The molecule has 1 aliphatic heterocycles. The first-order valence-electron chi connectivity index (χ1n) is 9.18. The van der Waals surface area contributed by atoms with Crippen LogP contribution < -0.4 is 10.1 Å². The Hall–Kier alpha value is -2.53. The molecule has 0 spiro atoms. The van der Waals surface area contributed by atoms with Crippen molar-refractivity contribution in [3.63, 3.8) is 0 Å². The third-order valence-electron chi connectivity index (χ3n) is 4.41. The summed E-state index contributed by atoms with van der Waals surface area (Å²) in [7, 11) is 0. The monoisotopic (exact) mass is 380 g/mol. The Kier molecular flexibility index (Phi) is 4.79. The van der Waals surface area contributed by atoms with Crippen LogP contribution in [-0.2, 0) is 12.8 Å². The second-order valence-corrected chi connectivity index (χ2v) is 8.77. The number of aromatic nitrogens is 1. The Labute approximate surface area is 163 Å². The van der Waals surface area contributed by atoms with Crippen LogP contribution in [0, 0.1) is 0 Å². The van der Waals surface area contributed by atoms with Gasteiger partial charge in [0.05, 0.1) is 11.1 Å². The molecular formula is C22H24N2O2S. The van der Waals surface area contributed by atoms with Crippen LogP contribution in [0.5, 0.6) is 5.75 Å². The number of hydrogen-bond acceptors (Lipinski definition) is 5. The minimum atomic E-state index is -0.0705. The molecule has 3 aromatic rings. The average molecular weight is 381 g/mol. The van der Waals surface area contributed by atoms with E-state index in [2.05, 4.69) is 49.4 Å². The van der Waals surface area contributed by atoms with Crippen molar-refractivity contribution < 1.29 is 9.15 Å². The Bertz CT molecular complexity index is 935. The topological polar surface area (TPSA) is 47.3 Å². The fourth-order valence-electron chi connectivity index (χ4n) is 3.05. The van der Waals surface area contributed by atoms with E-state index in [0.29, 0.717) is 12.3 Å². The summed E-state index contributed by atoms with van der Waals surface area (Å²) in [6.07, 6.45) is 5.38. The van der Waals surface area contributed by atoms with Crippen LogP contribution in [0.25, 0.3) is 10.8 Å². The molecule has 5 heteroatoms. The normalized spacial score (nSPS) is 18.2. The molecule has 0 bridgehead atoms. The van der Waals surface area contributed by atoms with E-state index in [0.717, 1.165) is 22.8 Å². The van der Waals surface area contributed by atoms with Gasteiger partial charge in [0, 0.05) is 24.6 Å². The molecule has 4 nitrogen and oxygen atoms in total. The molecule has 1 N–H and O–H groups in total. The highest BCUT2D eigenvalue weighted by atomic mass is 32.1. The molecule has 0 aliphatic carbocycles. The zero-order valence-corrected chi connectivity index (χ0v) is 16.7. The van der Waals surface area contributed by atoms with E-state index in [9.17, 15) is 0 Å². The third-order valence-corrected chi connectivity index (χ3v) is 5.27. The number of oxazole rings is 1. The lowest BCUT2D eigenvalue weighted by Gasteiger charge is -2.30. The van der Waals surface area contributed by atoms with Crippen molar-refractivity contribution in [2.75, 3.05) is 0 Å². The Morgan fingerprint density at radius 1 is 1.22 bits per heavy atom. The number of hydrogen-bond donors (Lipinski definition) is 1. The quantitative estimate of drug-likeness (QED) is 0.674. The Morgan fingerprint density at radius 3 is 2.85 bits per heavy atom. The summed E-state index contributed by atoms with van der Waals surface area (Å²) in [5.41, 5.74) is 2.44. The van der Waals surface area contributed by atoms with Gasteiger partial charge >= 0.3 is 0 Å². The minimum absolute atomic E-state index is 0.00704. The largest absolute Gasteiger partial charge is 0.485 e. The standard InChI is InChI=1S/C22H24N2O2S/c1-22(2,3)24-13-16-11-15-7-4-5-8-18(15)26-19(16)12-17-14-23-21(25-17)20-9-6-10-27-20/h4-10,13-14,19,24H,11-12H2,1-3H3/b16-13-. The molecule has 4 rings (SSSR count). The zero-order chi connectivity index (χ0) is 18.9. The van der Waals surface area contributed by atoms with Crippen molar-refractivity contribution in [3.05, 3.63) is 71.1 Å². The molecule has 1 aliphatic rings. The number of nitrogens with one attached hydrogen (secondary N) is 1. The number of rotatable bonds is 4. The first kappa shape index (κ1) is 17.9. The van der Waals surface area contributed by atoms with Crippen LogP contribution in [0.2, 0.25) is 0 Å². The van der Waals surface area contributed by atoms with Crippen molar-refractivity contribution in [2.45, 2.75) is 45.3 Å². The van der Waals surface area contributed by atoms with Gasteiger partial charge in [0.1, 0.15) is 17.6 Å². The van der Waals surface area contributed by atoms with Gasteiger partial charge in [0.25, 0.3) is 0 Å². The maximum Gasteiger partial charge on any atom is 0.236 e. The van der Waals surface area contributed by atoms with E-state index < -0.39 is 0 Å². The minimum Gasteiger partial charge on any atom is -0.485 e. The summed E-state index contributed by atoms with van der Waals surface area (Å²) in [5, 5.41) is 5.51. The van der Waals surface area contributed by atoms with Gasteiger partial charge in [-0.2, -0.15) is 0 Å². The van der Waals surface area contributed by atoms with Crippen LogP contribution in [0.15, 0.2) is 64.2 Å². The highest BCUT2D eigenvalue weighted by Crippen LogP contribution is 2.32. The summed E-state index contributed by atoms with van der Waals surface area (Å²) >= 11 is 1.63.